The number of carbonyl (C=O) groups is 1. The number of esters is 1. The lowest BCUT2D eigenvalue weighted by atomic mass is 9.95. The van der Waals surface area contributed by atoms with Crippen LogP contribution in [0, 0.1) is 0 Å². The Bertz CT molecular complexity index is 1540. The van der Waals surface area contributed by atoms with E-state index in [1.54, 1.807) is 43.3 Å². The number of para-hydroxylation sites is 1. The molecule has 0 spiro atoms. The van der Waals surface area contributed by atoms with Gasteiger partial charge in [-0.25, -0.2) is 9.36 Å². The van der Waals surface area contributed by atoms with E-state index in [4.69, 9.17) is 16.3 Å². The molecule has 0 saturated heterocycles. The minimum absolute atomic E-state index is 0.219. The third kappa shape index (κ3) is 4.15. The van der Waals surface area contributed by atoms with Gasteiger partial charge < -0.3 is 9.84 Å². The predicted octanol–water partition coefficient (Wildman–Crippen LogP) is 6.22. The molecule has 5 rings (SSSR count). The first-order valence-electron chi connectivity index (χ1n) is 11.5. The average molecular weight is 507 g/mol. The summed E-state index contributed by atoms with van der Waals surface area (Å²) in [6.07, 6.45) is 5.06. The number of halogens is 1. The summed E-state index contributed by atoms with van der Waals surface area (Å²) in [6, 6.07) is 14.2. The van der Waals surface area contributed by atoms with Crippen LogP contribution in [0.1, 0.15) is 46.1 Å². The van der Waals surface area contributed by atoms with E-state index < -0.39 is 11.5 Å². The number of ether oxygens (including phenoxy) is 1. The molecule has 0 fully saturated rings. The maximum atomic E-state index is 13.7. The number of hydrogen-bond donors (Lipinski definition) is 1. The molecule has 0 atom stereocenters. The minimum atomic E-state index is -0.479. The van der Waals surface area contributed by atoms with Gasteiger partial charge in [0.05, 0.1) is 28.4 Å². The Morgan fingerprint density at radius 1 is 1.14 bits per heavy atom. The van der Waals surface area contributed by atoms with Gasteiger partial charge in [0.25, 0.3) is 5.56 Å². The van der Waals surface area contributed by atoms with Crippen molar-refractivity contribution in [3.63, 3.8) is 0 Å². The van der Waals surface area contributed by atoms with Crippen LogP contribution in [-0.4, -0.2) is 28.5 Å². The highest BCUT2D eigenvalue weighted by molar-refractivity contribution is 7.15. The van der Waals surface area contributed by atoms with Gasteiger partial charge in [0.15, 0.2) is 0 Å². The van der Waals surface area contributed by atoms with Gasteiger partial charge in [0.1, 0.15) is 5.00 Å². The molecule has 0 radical (unpaired) electrons. The standard InChI is InChI=1S/C27H23ClN2O4S/c1-2-34-27(33)23-18-11-5-8-14-22(18)35-26(23)30-24(31)17-10-4-3-9-16(17)19(25(30)32)15-29-21-13-7-6-12-20(21)28/h3-4,6-7,9-10,12-13,15,32H,2,5,8,11,14H2,1H3. The van der Waals surface area contributed by atoms with E-state index in [-0.39, 0.29) is 12.5 Å². The number of pyridine rings is 1. The van der Waals surface area contributed by atoms with Crippen LogP contribution in [0.25, 0.3) is 15.8 Å². The lowest BCUT2D eigenvalue weighted by Gasteiger charge is -2.15. The lowest BCUT2D eigenvalue weighted by molar-refractivity contribution is 0.0525. The monoisotopic (exact) mass is 506 g/mol. The average Bonchev–Trinajstić information content (AvgIpc) is 3.24. The number of thiophene rings is 1. The Balaban J connectivity index is 1.79. The van der Waals surface area contributed by atoms with E-state index in [1.165, 1.54) is 22.1 Å². The summed E-state index contributed by atoms with van der Waals surface area (Å²) in [5, 5.41) is 13.3. The number of aromatic hydroxyl groups is 1. The topological polar surface area (TPSA) is 80.9 Å². The van der Waals surface area contributed by atoms with E-state index in [1.807, 2.05) is 12.1 Å². The highest BCUT2D eigenvalue weighted by Gasteiger charge is 2.30. The molecule has 0 unspecified atom stereocenters. The second-order valence-electron chi connectivity index (χ2n) is 8.24. The van der Waals surface area contributed by atoms with Crippen LogP contribution < -0.4 is 5.56 Å². The van der Waals surface area contributed by atoms with Crippen molar-refractivity contribution < 1.29 is 14.6 Å². The van der Waals surface area contributed by atoms with Crippen molar-refractivity contribution >= 4 is 51.6 Å². The summed E-state index contributed by atoms with van der Waals surface area (Å²) >= 11 is 7.63. The lowest BCUT2D eigenvalue weighted by Crippen LogP contribution is -2.22. The van der Waals surface area contributed by atoms with E-state index in [0.29, 0.717) is 37.6 Å². The zero-order valence-electron chi connectivity index (χ0n) is 19.1. The molecule has 178 valence electrons. The summed E-state index contributed by atoms with van der Waals surface area (Å²) in [4.78, 5) is 32.2. The number of hydrogen-bond acceptors (Lipinski definition) is 6. The van der Waals surface area contributed by atoms with Gasteiger partial charge in [-0.3, -0.25) is 9.79 Å². The van der Waals surface area contributed by atoms with Crippen molar-refractivity contribution in [1.82, 2.24) is 4.57 Å². The first-order chi connectivity index (χ1) is 17.0. The quantitative estimate of drug-likeness (QED) is 0.257. The molecule has 2 aromatic heterocycles. The fraction of sp³-hybridized carbons (Fsp3) is 0.222. The van der Waals surface area contributed by atoms with Crippen molar-refractivity contribution in [1.29, 1.82) is 0 Å². The molecule has 6 nitrogen and oxygen atoms in total. The van der Waals surface area contributed by atoms with Crippen LogP contribution in [0.2, 0.25) is 5.02 Å². The van der Waals surface area contributed by atoms with Gasteiger partial charge in [-0.15, -0.1) is 11.3 Å². The van der Waals surface area contributed by atoms with E-state index in [2.05, 4.69) is 4.99 Å². The molecule has 1 N–H and O–H groups in total. The molecule has 0 bridgehead atoms. The first kappa shape index (κ1) is 23.3. The Labute approximate surface area is 211 Å². The Morgan fingerprint density at radius 2 is 1.86 bits per heavy atom. The van der Waals surface area contributed by atoms with Gasteiger partial charge >= 0.3 is 5.97 Å². The van der Waals surface area contributed by atoms with Crippen LogP contribution in [0.4, 0.5) is 5.69 Å². The van der Waals surface area contributed by atoms with Crippen LogP contribution in [0.3, 0.4) is 0 Å². The van der Waals surface area contributed by atoms with Gasteiger partial charge in [0.2, 0.25) is 5.88 Å². The highest BCUT2D eigenvalue weighted by Crippen LogP contribution is 2.39. The molecule has 0 saturated carbocycles. The predicted molar refractivity (Wildman–Crippen MR) is 140 cm³/mol. The maximum absolute atomic E-state index is 13.7. The van der Waals surface area contributed by atoms with E-state index in [9.17, 15) is 14.7 Å². The molecule has 1 aliphatic rings. The van der Waals surface area contributed by atoms with Crippen molar-refractivity contribution in [2.24, 2.45) is 4.99 Å². The Hall–Kier alpha value is -3.42. The van der Waals surface area contributed by atoms with Crippen molar-refractivity contribution in [2.45, 2.75) is 32.6 Å². The molecule has 2 aromatic carbocycles. The third-order valence-electron chi connectivity index (χ3n) is 6.12. The number of aryl methyl sites for hydroxylation is 1. The number of rotatable bonds is 5. The largest absolute Gasteiger partial charge is 0.494 e. The molecule has 1 aliphatic carbocycles. The molecule has 0 amide bonds. The number of benzene rings is 2. The first-order valence-corrected chi connectivity index (χ1v) is 12.7. The maximum Gasteiger partial charge on any atom is 0.341 e. The van der Waals surface area contributed by atoms with E-state index in [0.717, 1.165) is 36.1 Å². The van der Waals surface area contributed by atoms with Gasteiger partial charge in [-0.2, -0.15) is 0 Å². The fourth-order valence-corrected chi connectivity index (χ4v) is 6.05. The summed E-state index contributed by atoms with van der Waals surface area (Å²) < 4.78 is 6.59. The van der Waals surface area contributed by atoms with Crippen LogP contribution in [0.15, 0.2) is 58.3 Å². The molecule has 4 aromatic rings. The van der Waals surface area contributed by atoms with Crippen molar-refractivity contribution in [3.8, 4) is 10.9 Å². The summed E-state index contributed by atoms with van der Waals surface area (Å²) in [5.74, 6) is -0.763. The summed E-state index contributed by atoms with van der Waals surface area (Å²) in [6.45, 7) is 1.97. The number of fused-ring (bicyclic) bond motifs is 2. The number of nitrogens with zero attached hydrogens (tertiary/aromatic N) is 2. The zero-order chi connectivity index (χ0) is 24.5. The Kier molecular flexibility index (Phi) is 6.45. The molecule has 0 aliphatic heterocycles. The second-order valence-corrected chi connectivity index (χ2v) is 9.74. The number of aromatic nitrogens is 1. The normalized spacial score (nSPS) is 13.3. The van der Waals surface area contributed by atoms with E-state index >= 15 is 0 Å². The summed E-state index contributed by atoms with van der Waals surface area (Å²) in [5.41, 5.74) is 1.78. The van der Waals surface area contributed by atoms with Crippen LogP contribution >= 0.6 is 22.9 Å². The number of carbonyl (C=O) groups excluding carboxylic acids is 1. The van der Waals surface area contributed by atoms with Crippen LogP contribution in [0.5, 0.6) is 5.88 Å². The molecular weight excluding hydrogens is 484 g/mol. The molecule has 8 heteroatoms. The van der Waals surface area contributed by atoms with Crippen molar-refractivity contribution in [2.75, 3.05) is 6.61 Å². The number of aliphatic imine (C=N–C) groups is 1. The third-order valence-corrected chi connectivity index (χ3v) is 7.72. The van der Waals surface area contributed by atoms with Crippen molar-refractivity contribution in [3.05, 3.63) is 85.5 Å². The fourth-order valence-electron chi connectivity index (χ4n) is 4.49. The zero-order valence-corrected chi connectivity index (χ0v) is 20.7. The highest BCUT2D eigenvalue weighted by atomic mass is 35.5. The minimum Gasteiger partial charge on any atom is -0.494 e. The van der Waals surface area contributed by atoms with Crippen LogP contribution in [-0.2, 0) is 17.6 Å². The smallest absolute Gasteiger partial charge is 0.341 e. The molecule has 2 heterocycles. The summed E-state index contributed by atoms with van der Waals surface area (Å²) in [7, 11) is 0. The Morgan fingerprint density at radius 3 is 2.63 bits per heavy atom. The molecular formula is C27H23ClN2O4S. The van der Waals surface area contributed by atoms with Gasteiger partial charge in [0, 0.05) is 21.9 Å². The van der Waals surface area contributed by atoms with Gasteiger partial charge in [-0.1, -0.05) is 41.9 Å². The SMILES string of the molecule is CCOC(=O)c1c(-n2c(O)c(C=Nc3ccccc3Cl)c3ccccc3c2=O)sc2c1CCCC2. The molecule has 35 heavy (non-hydrogen) atoms. The van der Waals surface area contributed by atoms with Gasteiger partial charge in [-0.05, 0) is 56.4 Å². The second kappa shape index (κ2) is 9.68.